The van der Waals surface area contributed by atoms with Crippen molar-refractivity contribution in [3.05, 3.63) is 35.7 Å². The molecule has 2 aliphatic rings. The molecule has 0 bridgehead atoms. The third-order valence-corrected chi connectivity index (χ3v) is 5.14. The molecule has 2 aromatic rings. The number of nitrogens with zero attached hydrogens (tertiary/aromatic N) is 4. The van der Waals surface area contributed by atoms with Crippen LogP contribution in [0, 0.1) is 0 Å². The summed E-state index contributed by atoms with van der Waals surface area (Å²) >= 11 is 0. The molecule has 138 valence electrons. The van der Waals surface area contributed by atoms with Crippen LogP contribution in [0.5, 0.6) is 11.5 Å². The highest BCUT2D eigenvalue weighted by atomic mass is 16.5. The van der Waals surface area contributed by atoms with E-state index >= 15 is 0 Å². The van der Waals surface area contributed by atoms with Crippen LogP contribution in [-0.2, 0) is 13.0 Å². The van der Waals surface area contributed by atoms with Crippen molar-refractivity contribution in [1.29, 1.82) is 0 Å². The lowest BCUT2D eigenvalue weighted by Gasteiger charge is -2.38. The predicted molar refractivity (Wildman–Crippen MR) is 101 cm³/mol. The van der Waals surface area contributed by atoms with E-state index in [-0.39, 0.29) is 0 Å². The summed E-state index contributed by atoms with van der Waals surface area (Å²) in [6, 6.07) is 3.96. The van der Waals surface area contributed by atoms with Gasteiger partial charge in [-0.2, -0.15) is 0 Å². The minimum absolute atomic E-state index is 0.802. The number of benzene rings is 1. The number of hydrogen-bond donors (Lipinski definition) is 1. The molecule has 1 fully saturated rings. The van der Waals surface area contributed by atoms with Crippen molar-refractivity contribution in [1.82, 2.24) is 15.3 Å². The highest BCUT2D eigenvalue weighted by Crippen LogP contribution is 2.43. The molecule has 26 heavy (non-hydrogen) atoms. The average Bonchev–Trinajstić information content (AvgIpc) is 2.73. The Hall–Kier alpha value is -2.54. The smallest absolute Gasteiger partial charge is 0.225 e. The lowest BCUT2D eigenvalue weighted by molar-refractivity contribution is 0.353. The predicted octanol–water partition coefficient (Wildman–Crippen LogP) is 1.47. The summed E-state index contributed by atoms with van der Waals surface area (Å²) in [5.74, 6) is 2.45. The minimum Gasteiger partial charge on any atom is -0.493 e. The van der Waals surface area contributed by atoms with Crippen molar-refractivity contribution in [3.63, 3.8) is 0 Å². The summed E-state index contributed by atoms with van der Waals surface area (Å²) in [7, 11) is 3.43. The molecular weight excluding hydrogens is 330 g/mol. The zero-order valence-corrected chi connectivity index (χ0v) is 15.4. The molecule has 1 aromatic heterocycles. The van der Waals surface area contributed by atoms with Crippen molar-refractivity contribution in [3.8, 4) is 11.5 Å². The van der Waals surface area contributed by atoms with E-state index < -0.39 is 0 Å². The van der Waals surface area contributed by atoms with Crippen LogP contribution in [0.1, 0.15) is 11.1 Å². The van der Waals surface area contributed by atoms with Gasteiger partial charge >= 0.3 is 0 Å². The Bertz CT molecular complexity index is 746. The van der Waals surface area contributed by atoms with E-state index in [1.54, 1.807) is 26.6 Å². The largest absolute Gasteiger partial charge is 0.493 e. The fraction of sp³-hybridized carbons (Fsp3) is 0.474. The average molecular weight is 355 g/mol. The summed E-state index contributed by atoms with van der Waals surface area (Å²) in [6.45, 7) is 5.45. The molecule has 3 heterocycles. The van der Waals surface area contributed by atoms with Gasteiger partial charge in [-0.15, -0.1) is 0 Å². The molecule has 1 N–H and O–H groups in total. The summed E-state index contributed by atoms with van der Waals surface area (Å²) < 4.78 is 11.4. The number of fused-ring (bicyclic) bond motifs is 1. The Morgan fingerprint density at radius 3 is 2.42 bits per heavy atom. The fourth-order valence-electron chi connectivity index (χ4n) is 3.86. The molecule has 0 amide bonds. The lowest BCUT2D eigenvalue weighted by Crippen LogP contribution is -2.47. The Labute approximate surface area is 153 Å². The molecule has 1 saturated heterocycles. The SMILES string of the molecule is COc1cc2c(c(N3CCN(c4ncccn4)CC3)c1OC)CCNC2. The van der Waals surface area contributed by atoms with E-state index in [0.29, 0.717) is 0 Å². The Kier molecular flexibility index (Phi) is 4.79. The third-order valence-electron chi connectivity index (χ3n) is 5.14. The molecule has 0 unspecified atom stereocenters. The second-order valence-corrected chi connectivity index (χ2v) is 6.55. The molecule has 4 rings (SSSR count). The van der Waals surface area contributed by atoms with Crippen LogP contribution in [0.15, 0.2) is 24.5 Å². The number of hydrogen-bond acceptors (Lipinski definition) is 7. The zero-order valence-electron chi connectivity index (χ0n) is 15.4. The summed E-state index contributed by atoms with van der Waals surface area (Å²) in [4.78, 5) is 13.4. The molecule has 0 saturated carbocycles. The van der Waals surface area contributed by atoms with E-state index in [1.807, 2.05) is 6.07 Å². The Balaban J connectivity index is 1.63. The fourth-order valence-corrected chi connectivity index (χ4v) is 3.86. The number of anilines is 2. The van der Waals surface area contributed by atoms with Gasteiger partial charge in [0, 0.05) is 45.1 Å². The van der Waals surface area contributed by atoms with Gasteiger partial charge in [-0.25, -0.2) is 9.97 Å². The monoisotopic (exact) mass is 355 g/mol. The van der Waals surface area contributed by atoms with Crippen LogP contribution >= 0.6 is 0 Å². The van der Waals surface area contributed by atoms with E-state index in [4.69, 9.17) is 9.47 Å². The van der Waals surface area contributed by atoms with E-state index in [2.05, 4.69) is 31.2 Å². The number of ether oxygens (including phenoxy) is 2. The molecule has 0 radical (unpaired) electrons. The van der Waals surface area contributed by atoms with Crippen molar-refractivity contribution >= 4 is 11.6 Å². The third kappa shape index (κ3) is 3.03. The molecule has 1 aromatic carbocycles. The van der Waals surface area contributed by atoms with E-state index in [9.17, 15) is 0 Å². The van der Waals surface area contributed by atoms with Crippen molar-refractivity contribution < 1.29 is 9.47 Å². The minimum atomic E-state index is 0.802. The van der Waals surface area contributed by atoms with Gasteiger partial charge in [0.15, 0.2) is 11.5 Å². The number of piperazine rings is 1. The normalized spacial score (nSPS) is 17.0. The molecule has 0 spiro atoms. The maximum Gasteiger partial charge on any atom is 0.225 e. The van der Waals surface area contributed by atoms with E-state index in [0.717, 1.165) is 63.1 Å². The van der Waals surface area contributed by atoms with Gasteiger partial charge in [0.05, 0.1) is 19.9 Å². The quantitative estimate of drug-likeness (QED) is 0.891. The first-order valence-electron chi connectivity index (χ1n) is 9.06. The van der Waals surface area contributed by atoms with Crippen molar-refractivity contribution in [2.24, 2.45) is 0 Å². The molecule has 0 aliphatic carbocycles. The lowest BCUT2D eigenvalue weighted by atomic mass is 9.96. The van der Waals surface area contributed by atoms with Gasteiger partial charge in [-0.05, 0) is 36.2 Å². The zero-order chi connectivity index (χ0) is 17.9. The van der Waals surface area contributed by atoms with Gasteiger partial charge in [0.2, 0.25) is 5.95 Å². The van der Waals surface area contributed by atoms with Crippen molar-refractivity contribution in [2.75, 3.05) is 56.7 Å². The van der Waals surface area contributed by atoms with Crippen LogP contribution in [0.3, 0.4) is 0 Å². The van der Waals surface area contributed by atoms with Crippen LogP contribution in [0.4, 0.5) is 11.6 Å². The second kappa shape index (κ2) is 7.37. The first kappa shape index (κ1) is 16.9. The maximum atomic E-state index is 5.77. The number of methoxy groups -OCH3 is 2. The Morgan fingerprint density at radius 1 is 1.00 bits per heavy atom. The molecule has 7 heteroatoms. The molecular formula is C19H25N5O2. The van der Waals surface area contributed by atoms with Crippen LogP contribution in [-0.4, -0.2) is 56.9 Å². The first-order valence-corrected chi connectivity index (χ1v) is 9.06. The van der Waals surface area contributed by atoms with E-state index in [1.165, 1.54) is 16.8 Å². The number of nitrogens with one attached hydrogen (secondary N) is 1. The van der Waals surface area contributed by atoms with Crippen molar-refractivity contribution in [2.45, 2.75) is 13.0 Å². The maximum absolute atomic E-state index is 5.77. The standard InChI is InChI=1S/C19H25N5O2/c1-25-16-12-14-13-20-7-4-15(14)17(18(16)26-2)23-8-10-24(11-9-23)19-21-5-3-6-22-19/h3,5-6,12,20H,4,7-11,13H2,1-2H3. The molecule has 2 aliphatic heterocycles. The van der Waals surface area contributed by atoms with Gasteiger partial charge in [0.1, 0.15) is 0 Å². The number of aromatic nitrogens is 2. The Morgan fingerprint density at radius 2 is 1.73 bits per heavy atom. The topological polar surface area (TPSA) is 62.8 Å². The summed E-state index contributed by atoms with van der Waals surface area (Å²) in [5, 5.41) is 3.45. The summed E-state index contributed by atoms with van der Waals surface area (Å²) in [5.41, 5.74) is 3.88. The number of rotatable bonds is 4. The second-order valence-electron chi connectivity index (χ2n) is 6.55. The van der Waals surface area contributed by atoms with Crippen LogP contribution in [0.2, 0.25) is 0 Å². The van der Waals surface area contributed by atoms with Gasteiger partial charge in [0.25, 0.3) is 0 Å². The highest BCUT2D eigenvalue weighted by Gasteiger charge is 2.28. The summed E-state index contributed by atoms with van der Waals surface area (Å²) in [6.07, 6.45) is 4.60. The molecule has 7 nitrogen and oxygen atoms in total. The van der Waals surface area contributed by atoms with Gasteiger partial charge < -0.3 is 24.6 Å². The van der Waals surface area contributed by atoms with Crippen LogP contribution < -0.4 is 24.6 Å². The van der Waals surface area contributed by atoms with Crippen LogP contribution in [0.25, 0.3) is 0 Å². The van der Waals surface area contributed by atoms with Gasteiger partial charge in [-0.3, -0.25) is 0 Å². The van der Waals surface area contributed by atoms with Gasteiger partial charge in [-0.1, -0.05) is 0 Å². The highest BCUT2D eigenvalue weighted by molar-refractivity contribution is 5.72. The molecule has 0 atom stereocenters. The first-order chi connectivity index (χ1) is 12.8.